The maximum atomic E-state index is 10.9. The van der Waals surface area contributed by atoms with Gasteiger partial charge in [-0.25, -0.2) is 0 Å². The first-order valence-corrected chi connectivity index (χ1v) is 7.40. The summed E-state index contributed by atoms with van der Waals surface area (Å²) in [6.07, 6.45) is -0.600. The Morgan fingerprint density at radius 3 is 2.67 bits per heavy atom. The van der Waals surface area contributed by atoms with E-state index in [1.807, 2.05) is 32.0 Å². The van der Waals surface area contributed by atoms with Crippen LogP contribution in [0.5, 0.6) is 11.5 Å². The van der Waals surface area contributed by atoms with E-state index in [1.165, 1.54) is 0 Å². The minimum Gasteiger partial charge on any atom is -0.493 e. The number of hydrogen-bond acceptors (Lipinski definition) is 5. The molecule has 0 bridgehead atoms. The van der Waals surface area contributed by atoms with Crippen LogP contribution in [0.25, 0.3) is 0 Å². The number of benzene rings is 1. The molecule has 5 heteroatoms. The fourth-order valence-electron chi connectivity index (χ4n) is 3.40. The molecule has 21 heavy (non-hydrogen) atoms. The van der Waals surface area contributed by atoms with Crippen LogP contribution in [0.4, 0.5) is 0 Å². The predicted octanol–water partition coefficient (Wildman–Crippen LogP) is 1.60. The van der Waals surface area contributed by atoms with Crippen LogP contribution in [0.2, 0.25) is 0 Å². The Balaban J connectivity index is 1.99. The summed E-state index contributed by atoms with van der Waals surface area (Å²) < 4.78 is 17.0. The summed E-state index contributed by atoms with van der Waals surface area (Å²) in [7, 11) is 1.62. The lowest BCUT2D eigenvalue weighted by Gasteiger charge is -2.49. The summed E-state index contributed by atoms with van der Waals surface area (Å²) in [5.41, 5.74) is 0.295. The number of fused-ring (bicyclic) bond motifs is 1. The van der Waals surface area contributed by atoms with E-state index in [4.69, 9.17) is 14.2 Å². The molecule has 0 spiro atoms. The number of aliphatic hydroxyl groups is 1. The zero-order valence-electron chi connectivity index (χ0n) is 12.8. The molecule has 2 atom stereocenters. The standard InChI is InChI=1S/C16H23NO4/c1-16(2)15(17-7-9-20-10-8-17)13(18)11-5-4-6-12(19-3)14(11)21-16/h4-6,13,15,18H,7-10H2,1-3H3. The van der Waals surface area contributed by atoms with Gasteiger partial charge in [0, 0.05) is 18.7 Å². The second kappa shape index (κ2) is 5.48. The van der Waals surface area contributed by atoms with Gasteiger partial charge in [-0.05, 0) is 19.9 Å². The van der Waals surface area contributed by atoms with E-state index < -0.39 is 11.7 Å². The van der Waals surface area contributed by atoms with Crippen LogP contribution >= 0.6 is 0 Å². The van der Waals surface area contributed by atoms with Crippen molar-refractivity contribution in [3.8, 4) is 11.5 Å². The molecule has 116 valence electrons. The first-order chi connectivity index (χ1) is 10.0. The second-order valence-electron chi connectivity index (χ2n) is 6.12. The zero-order valence-corrected chi connectivity index (χ0v) is 12.8. The molecular formula is C16H23NO4. The van der Waals surface area contributed by atoms with E-state index in [0.717, 1.165) is 18.7 Å². The molecule has 0 saturated carbocycles. The lowest BCUT2D eigenvalue weighted by atomic mass is 9.84. The molecule has 0 aromatic heterocycles. The van der Waals surface area contributed by atoms with Gasteiger partial charge in [0.05, 0.1) is 26.4 Å². The van der Waals surface area contributed by atoms with Gasteiger partial charge in [-0.3, -0.25) is 4.90 Å². The van der Waals surface area contributed by atoms with Crippen LogP contribution in [0.3, 0.4) is 0 Å². The quantitative estimate of drug-likeness (QED) is 0.897. The summed E-state index contributed by atoms with van der Waals surface area (Å²) in [6, 6.07) is 5.56. The van der Waals surface area contributed by atoms with E-state index in [9.17, 15) is 5.11 Å². The van der Waals surface area contributed by atoms with Gasteiger partial charge in [0.25, 0.3) is 0 Å². The third kappa shape index (κ3) is 2.50. The number of para-hydroxylation sites is 1. The van der Waals surface area contributed by atoms with Crippen molar-refractivity contribution >= 4 is 0 Å². The van der Waals surface area contributed by atoms with Gasteiger partial charge in [0.15, 0.2) is 11.5 Å². The summed E-state index contributed by atoms with van der Waals surface area (Å²) in [4.78, 5) is 2.26. The van der Waals surface area contributed by atoms with E-state index in [2.05, 4.69) is 4.90 Å². The normalized spacial score (nSPS) is 28.6. The molecule has 2 unspecified atom stereocenters. The minimum atomic E-state index is -0.600. The SMILES string of the molecule is COc1cccc2c1OC(C)(C)C(N1CCOCC1)C2O. The number of ether oxygens (including phenoxy) is 3. The molecule has 2 aliphatic rings. The second-order valence-corrected chi connectivity index (χ2v) is 6.12. The Morgan fingerprint density at radius 1 is 1.29 bits per heavy atom. The van der Waals surface area contributed by atoms with Crippen LogP contribution in [0.1, 0.15) is 25.5 Å². The van der Waals surface area contributed by atoms with Gasteiger partial charge in [0.1, 0.15) is 11.7 Å². The molecule has 1 saturated heterocycles. The molecule has 3 rings (SSSR count). The van der Waals surface area contributed by atoms with Gasteiger partial charge in [-0.1, -0.05) is 12.1 Å². The molecule has 1 aromatic rings. The van der Waals surface area contributed by atoms with Gasteiger partial charge < -0.3 is 19.3 Å². The van der Waals surface area contributed by atoms with E-state index in [1.54, 1.807) is 7.11 Å². The van der Waals surface area contributed by atoms with Crippen LogP contribution in [-0.4, -0.2) is 55.1 Å². The van der Waals surface area contributed by atoms with Crippen molar-refractivity contribution in [1.82, 2.24) is 4.90 Å². The summed E-state index contributed by atoms with van der Waals surface area (Å²) >= 11 is 0. The predicted molar refractivity (Wildman–Crippen MR) is 78.8 cm³/mol. The van der Waals surface area contributed by atoms with Crippen LogP contribution in [0, 0.1) is 0 Å². The lowest BCUT2D eigenvalue weighted by Crippen LogP contribution is -2.60. The van der Waals surface area contributed by atoms with E-state index in [0.29, 0.717) is 24.7 Å². The Kier molecular flexibility index (Phi) is 3.82. The summed E-state index contributed by atoms with van der Waals surface area (Å²) in [6.45, 7) is 7.06. The molecule has 1 N–H and O–H groups in total. The van der Waals surface area contributed by atoms with Crippen molar-refractivity contribution in [2.45, 2.75) is 31.6 Å². The van der Waals surface area contributed by atoms with E-state index in [-0.39, 0.29) is 6.04 Å². The third-order valence-electron chi connectivity index (χ3n) is 4.36. The fraction of sp³-hybridized carbons (Fsp3) is 0.625. The van der Waals surface area contributed by atoms with Crippen molar-refractivity contribution in [1.29, 1.82) is 0 Å². The molecular weight excluding hydrogens is 270 g/mol. The molecule has 0 radical (unpaired) electrons. The topological polar surface area (TPSA) is 51.2 Å². The van der Waals surface area contributed by atoms with Crippen molar-refractivity contribution in [2.75, 3.05) is 33.4 Å². The van der Waals surface area contributed by atoms with Gasteiger partial charge in [-0.15, -0.1) is 0 Å². The smallest absolute Gasteiger partial charge is 0.167 e. The number of hydrogen-bond donors (Lipinski definition) is 1. The number of aliphatic hydroxyl groups excluding tert-OH is 1. The third-order valence-corrected chi connectivity index (χ3v) is 4.36. The highest BCUT2D eigenvalue weighted by atomic mass is 16.5. The van der Waals surface area contributed by atoms with Crippen LogP contribution in [-0.2, 0) is 4.74 Å². The van der Waals surface area contributed by atoms with Crippen molar-refractivity contribution in [3.05, 3.63) is 23.8 Å². The highest BCUT2D eigenvalue weighted by Gasteiger charge is 2.47. The van der Waals surface area contributed by atoms with Crippen molar-refractivity contribution < 1.29 is 19.3 Å². The van der Waals surface area contributed by atoms with Gasteiger partial charge in [-0.2, -0.15) is 0 Å². The zero-order chi connectivity index (χ0) is 15.0. The number of rotatable bonds is 2. The number of nitrogens with zero attached hydrogens (tertiary/aromatic N) is 1. The van der Waals surface area contributed by atoms with Crippen molar-refractivity contribution in [2.24, 2.45) is 0 Å². The Hall–Kier alpha value is -1.30. The molecule has 2 aliphatic heterocycles. The number of methoxy groups -OCH3 is 1. The van der Waals surface area contributed by atoms with Crippen LogP contribution in [0.15, 0.2) is 18.2 Å². The number of morpholine rings is 1. The maximum Gasteiger partial charge on any atom is 0.167 e. The molecule has 0 amide bonds. The summed E-state index contributed by atoms with van der Waals surface area (Å²) in [5.74, 6) is 1.32. The molecule has 1 fully saturated rings. The average molecular weight is 293 g/mol. The molecule has 0 aliphatic carbocycles. The fourth-order valence-corrected chi connectivity index (χ4v) is 3.40. The highest BCUT2D eigenvalue weighted by molar-refractivity contribution is 5.50. The van der Waals surface area contributed by atoms with Gasteiger partial charge in [0.2, 0.25) is 0 Å². The molecule has 5 nitrogen and oxygen atoms in total. The monoisotopic (exact) mass is 293 g/mol. The summed E-state index contributed by atoms with van der Waals surface area (Å²) in [5, 5.41) is 10.9. The highest BCUT2D eigenvalue weighted by Crippen LogP contribution is 2.46. The largest absolute Gasteiger partial charge is 0.493 e. The first kappa shape index (κ1) is 14.6. The first-order valence-electron chi connectivity index (χ1n) is 7.40. The Morgan fingerprint density at radius 2 is 2.00 bits per heavy atom. The molecule has 2 heterocycles. The van der Waals surface area contributed by atoms with Crippen LogP contribution < -0.4 is 9.47 Å². The van der Waals surface area contributed by atoms with E-state index >= 15 is 0 Å². The average Bonchev–Trinajstić information content (AvgIpc) is 2.47. The molecule has 1 aromatic carbocycles. The maximum absolute atomic E-state index is 10.9. The van der Waals surface area contributed by atoms with Gasteiger partial charge >= 0.3 is 0 Å². The van der Waals surface area contributed by atoms with Crippen molar-refractivity contribution in [3.63, 3.8) is 0 Å². The Labute approximate surface area is 125 Å². The minimum absolute atomic E-state index is 0.0963. The lowest BCUT2D eigenvalue weighted by molar-refractivity contribution is -0.107. The Bertz CT molecular complexity index is 511.